The second-order valence-electron chi connectivity index (χ2n) is 3.63. The molecule has 0 amide bonds. The van der Waals surface area contributed by atoms with Crippen molar-refractivity contribution in [2.24, 2.45) is 0 Å². The minimum atomic E-state index is 0.559. The zero-order valence-corrected chi connectivity index (χ0v) is 9.79. The van der Waals surface area contributed by atoms with E-state index in [0.717, 1.165) is 24.1 Å². The standard InChI is InChI=1S/C10H14BrN3/c1-8-7-14(5-4-13-8)10-2-3-12-6-9(10)11/h2-3,6,8,13H,4-5,7H2,1H3. The van der Waals surface area contributed by atoms with Gasteiger partial charge in [-0.1, -0.05) is 0 Å². The van der Waals surface area contributed by atoms with E-state index in [2.05, 4.69) is 44.1 Å². The molecule has 1 fully saturated rings. The highest BCUT2D eigenvalue weighted by Gasteiger charge is 2.17. The van der Waals surface area contributed by atoms with Crippen LogP contribution in [-0.2, 0) is 0 Å². The minimum Gasteiger partial charge on any atom is -0.368 e. The topological polar surface area (TPSA) is 28.2 Å². The van der Waals surface area contributed by atoms with Crippen LogP contribution in [0.25, 0.3) is 0 Å². The predicted octanol–water partition coefficient (Wildman–Crippen LogP) is 1.64. The molecule has 14 heavy (non-hydrogen) atoms. The number of pyridine rings is 1. The Morgan fingerprint density at radius 3 is 3.21 bits per heavy atom. The molecule has 1 saturated heterocycles. The number of hydrogen-bond acceptors (Lipinski definition) is 3. The molecule has 1 aromatic rings. The summed E-state index contributed by atoms with van der Waals surface area (Å²) in [6.45, 7) is 5.38. The van der Waals surface area contributed by atoms with Gasteiger partial charge >= 0.3 is 0 Å². The van der Waals surface area contributed by atoms with Gasteiger partial charge in [0.2, 0.25) is 0 Å². The van der Waals surface area contributed by atoms with E-state index in [1.807, 2.05) is 12.4 Å². The normalized spacial score (nSPS) is 22.4. The molecule has 0 aliphatic carbocycles. The molecule has 3 nitrogen and oxygen atoms in total. The maximum Gasteiger partial charge on any atom is 0.0592 e. The largest absolute Gasteiger partial charge is 0.368 e. The van der Waals surface area contributed by atoms with E-state index in [1.54, 1.807) is 0 Å². The SMILES string of the molecule is CC1CN(c2ccncc2Br)CCN1. The molecule has 1 aliphatic heterocycles. The minimum absolute atomic E-state index is 0.559. The number of nitrogens with one attached hydrogen (secondary N) is 1. The fourth-order valence-corrected chi connectivity index (χ4v) is 2.28. The molecule has 1 N–H and O–H groups in total. The lowest BCUT2D eigenvalue weighted by Crippen LogP contribution is -2.49. The van der Waals surface area contributed by atoms with E-state index in [9.17, 15) is 0 Å². The van der Waals surface area contributed by atoms with Crippen molar-refractivity contribution in [3.63, 3.8) is 0 Å². The van der Waals surface area contributed by atoms with Crippen molar-refractivity contribution in [1.29, 1.82) is 0 Å². The van der Waals surface area contributed by atoms with Crippen LogP contribution >= 0.6 is 15.9 Å². The predicted molar refractivity (Wildman–Crippen MR) is 61.6 cm³/mol. The Morgan fingerprint density at radius 1 is 1.64 bits per heavy atom. The van der Waals surface area contributed by atoms with Crippen LogP contribution in [0.4, 0.5) is 5.69 Å². The molecule has 0 radical (unpaired) electrons. The first-order valence-corrected chi connectivity index (χ1v) is 5.64. The third-order valence-corrected chi connectivity index (χ3v) is 3.07. The Bertz CT molecular complexity index is 316. The Balaban J connectivity index is 2.18. The molecule has 4 heteroatoms. The first-order chi connectivity index (χ1) is 6.77. The average Bonchev–Trinajstić information content (AvgIpc) is 2.18. The molecule has 0 bridgehead atoms. The van der Waals surface area contributed by atoms with Gasteiger partial charge in [0.15, 0.2) is 0 Å². The number of piperazine rings is 1. The van der Waals surface area contributed by atoms with Gasteiger partial charge in [-0.15, -0.1) is 0 Å². The highest BCUT2D eigenvalue weighted by atomic mass is 79.9. The van der Waals surface area contributed by atoms with Crippen LogP contribution in [0.1, 0.15) is 6.92 Å². The van der Waals surface area contributed by atoms with Crippen LogP contribution in [0.3, 0.4) is 0 Å². The van der Waals surface area contributed by atoms with Crippen LogP contribution in [0.2, 0.25) is 0 Å². The molecule has 2 rings (SSSR count). The number of anilines is 1. The maximum absolute atomic E-state index is 4.07. The molecule has 1 unspecified atom stereocenters. The maximum atomic E-state index is 4.07. The van der Waals surface area contributed by atoms with Gasteiger partial charge in [-0.2, -0.15) is 0 Å². The molecule has 0 saturated carbocycles. The number of nitrogens with zero attached hydrogens (tertiary/aromatic N) is 2. The lowest BCUT2D eigenvalue weighted by atomic mass is 10.2. The third kappa shape index (κ3) is 2.07. The van der Waals surface area contributed by atoms with E-state index >= 15 is 0 Å². The summed E-state index contributed by atoms with van der Waals surface area (Å²) >= 11 is 3.53. The van der Waals surface area contributed by atoms with Gasteiger partial charge in [0.1, 0.15) is 0 Å². The van der Waals surface area contributed by atoms with Crippen molar-refractivity contribution in [2.75, 3.05) is 24.5 Å². The van der Waals surface area contributed by atoms with E-state index in [4.69, 9.17) is 0 Å². The summed E-state index contributed by atoms with van der Waals surface area (Å²) in [5.41, 5.74) is 1.24. The van der Waals surface area contributed by atoms with Crippen LogP contribution in [0.15, 0.2) is 22.9 Å². The van der Waals surface area contributed by atoms with Gasteiger partial charge < -0.3 is 10.2 Å². The van der Waals surface area contributed by atoms with Gasteiger partial charge in [0.05, 0.1) is 10.2 Å². The fraction of sp³-hybridized carbons (Fsp3) is 0.500. The number of aromatic nitrogens is 1. The van der Waals surface area contributed by atoms with Crippen LogP contribution in [0.5, 0.6) is 0 Å². The summed E-state index contributed by atoms with van der Waals surface area (Å²) in [5, 5.41) is 3.43. The molecule has 2 heterocycles. The van der Waals surface area contributed by atoms with Gasteiger partial charge in [-0.3, -0.25) is 4.98 Å². The molecule has 0 aromatic carbocycles. The van der Waals surface area contributed by atoms with Crippen molar-refractivity contribution in [2.45, 2.75) is 13.0 Å². The highest BCUT2D eigenvalue weighted by Crippen LogP contribution is 2.25. The molecular weight excluding hydrogens is 242 g/mol. The number of rotatable bonds is 1. The van der Waals surface area contributed by atoms with Crippen LogP contribution < -0.4 is 10.2 Å². The molecule has 1 aromatic heterocycles. The van der Waals surface area contributed by atoms with Crippen molar-refractivity contribution < 1.29 is 0 Å². The highest BCUT2D eigenvalue weighted by molar-refractivity contribution is 9.10. The summed E-state index contributed by atoms with van der Waals surface area (Å²) in [6, 6.07) is 2.62. The second-order valence-corrected chi connectivity index (χ2v) is 4.48. The lowest BCUT2D eigenvalue weighted by molar-refractivity contribution is 0.484. The van der Waals surface area contributed by atoms with Gasteiger partial charge in [-0.05, 0) is 28.9 Å². The first kappa shape index (κ1) is 9.93. The number of halogens is 1. The summed E-state index contributed by atoms with van der Waals surface area (Å²) in [7, 11) is 0. The number of hydrogen-bond donors (Lipinski definition) is 1. The zero-order chi connectivity index (χ0) is 9.97. The van der Waals surface area contributed by atoms with Crippen molar-refractivity contribution in [3.8, 4) is 0 Å². The van der Waals surface area contributed by atoms with E-state index in [0.29, 0.717) is 6.04 Å². The third-order valence-electron chi connectivity index (χ3n) is 2.46. The average molecular weight is 256 g/mol. The Labute approximate surface area is 92.6 Å². The molecule has 76 valence electrons. The Hall–Kier alpha value is -0.610. The van der Waals surface area contributed by atoms with E-state index in [1.165, 1.54) is 5.69 Å². The molecule has 0 spiro atoms. The van der Waals surface area contributed by atoms with E-state index in [-0.39, 0.29) is 0 Å². The van der Waals surface area contributed by atoms with Crippen LogP contribution in [-0.4, -0.2) is 30.7 Å². The van der Waals surface area contributed by atoms with Gasteiger partial charge in [0, 0.05) is 38.1 Å². The summed E-state index contributed by atoms with van der Waals surface area (Å²) in [6.07, 6.45) is 3.69. The summed E-state index contributed by atoms with van der Waals surface area (Å²) in [5.74, 6) is 0. The smallest absolute Gasteiger partial charge is 0.0592 e. The first-order valence-electron chi connectivity index (χ1n) is 4.85. The van der Waals surface area contributed by atoms with Gasteiger partial charge in [-0.25, -0.2) is 0 Å². The monoisotopic (exact) mass is 255 g/mol. The summed E-state index contributed by atoms with van der Waals surface area (Å²) < 4.78 is 1.08. The second kappa shape index (κ2) is 4.28. The van der Waals surface area contributed by atoms with Crippen molar-refractivity contribution in [3.05, 3.63) is 22.9 Å². The quantitative estimate of drug-likeness (QED) is 0.828. The molecule has 1 atom stereocenters. The summed E-state index contributed by atoms with van der Waals surface area (Å²) in [4.78, 5) is 6.45. The molecular formula is C10H14BrN3. The van der Waals surface area contributed by atoms with Crippen molar-refractivity contribution in [1.82, 2.24) is 10.3 Å². The van der Waals surface area contributed by atoms with Gasteiger partial charge in [0.25, 0.3) is 0 Å². The van der Waals surface area contributed by atoms with Crippen LogP contribution in [0, 0.1) is 0 Å². The lowest BCUT2D eigenvalue weighted by Gasteiger charge is -2.34. The zero-order valence-electron chi connectivity index (χ0n) is 8.20. The Kier molecular flexibility index (Phi) is 3.03. The van der Waals surface area contributed by atoms with E-state index < -0.39 is 0 Å². The Morgan fingerprint density at radius 2 is 2.50 bits per heavy atom. The van der Waals surface area contributed by atoms with Crippen molar-refractivity contribution >= 4 is 21.6 Å². The molecule has 1 aliphatic rings. The fourth-order valence-electron chi connectivity index (χ4n) is 1.78.